The van der Waals surface area contributed by atoms with Gasteiger partial charge in [-0.2, -0.15) is 0 Å². The summed E-state index contributed by atoms with van der Waals surface area (Å²) in [4.78, 5) is 28.7. The average molecular weight is 510 g/mol. The van der Waals surface area contributed by atoms with Crippen molar-refractivity contribution in [1.82, 2.24) is 10.3 Å². The van der Waals surface area contributed by atoms with Crippen LogP contribution >= 0.6 is 11.3 Å². The second-order valence-corrected chi connectivity index (χ2v) is 9.60. The Morgan fingerprint density at radius 2 is 2.08 bits per heavy atom. The Balaban J connectivity index is 1.31. The highest BCUT2D eigenvalue weighted by Crippen LogP contribution is 2.44. The number of ether oxygens (including phenoxy) is 2. The summed E-state index contributed by atoms with van der Waals surface area (Å²) in [5, 5.41) is 5.85. The Kier molecular flexibility index (Phi) is 6.82. The predicted molar refractivity (Wildman–Crippen MR) is 134 cm³/mol. The molecule has 0 spiro atoms. The molecule has 1 aliphatic carbocycles. The zero-order chi connectivity index (χ0) is 25.1. The molecule has 1 fully saturated rings. The van der Waals surface area contributed by atoms with Crippen LogP contribution in [0.5, 0.6) is 11.5 Å². The zero-order valence-electron chi connectivity index (χ0n) is 19.5. The van der Waals surface area contributed by atoms with Crippen molar-refractivity contribution in [3.8, 4) is 22.1 Å². The van der Waals surface area contributed by atoms with E-state index in [1.165, 1.54) is 23.5 Å². The van der Waals surface area contributed by atoms with Crippen LogP contribution in [0.25, 0.3) is 20.9 Å². The standard InChI is InChI=1S/C26H24FN3O5S/c1-33-11-10-28-14-17-3-5-21(34-17)23-13-19-24(36-23)22(6-9-29-19)35-20-4-2-16(12-18(20)27)30-25(32)26(15-31)7-8-26/h2-6,9,12-13,15,28H,7-8,10-11,14H2,1H3,(H,30,32). The van der Waals surface area contributed by atoms with Gasteiger partial charge < -0.3 is 29.3 Å². The van der Waals surface area contributed by atoms with Crippen molar-refractivity contribution in [2.45, 2.75) is 19.4 Å². The Morgan fingerprint density at radius 1 is 1.22 bits per heavy atom. The molecule has 3 heterocycles. The van der Waals surface area contributed by atoms with E-state index in [1.807, 2.05) is 18.2 Å². The van der Waals surface area contributed by atoms with E-state index in [4.69, 9.17) is 13.9 Å². The van der Waals surface area contributed by atoms with E-state index >= 15 is 0 Å². The number of hydrogen-bond donors (Lipinski definition) is 2. The van der Waals surface area contributed by atoms with Crippen molar-refractivity contribution in [2.24, 2.45) is 5.41 Å². The third kappa shape index (κ3) is 5.01. The van der Waals surface area contributed by atoms with Gasteiger partial charge >= 0.3 is 0 Å². The number of halogens is 1. The van der Waals surface area contributed by atoms with Crippen molar-refractivity contribution in [3.05, 3.63) is 60.2 Å². The lowest BCUT2D eigenvalue weighted by atomic mass is 10.1. The van der Waals surface area contributed by atoms with Gasteiger partial charge in [0.05, 0.1) is 28.2 Å². The highest BCUT2D eigenvalue weighted by molar-refractivity contribution is 7.22. The molecule has 5 rings (SSSR count). The Labute approximate surface area is 210 Å². The molecule has 36 heavy (non-hydrogen) atoms. The van der Waals surface area contributed by atoms with E-state index in [9.17, 15) is 14.0 Å². The Bertz CT molecular complexity index is 1410. The average Bonchev–Trinajstić information content (AvgIpc) is 3.33. The van der Waals surface area contributed by atoms with Crippen molar-refractivity contribution >= 4 is 39.4 Å². The number of carbonyl (C=O) groups excluding carboxylic acids is 2. The molecule has 1 aliphatic rings. The second kappa shape index (κ2) is 10.2. The summed E-state index contributed by atoms with van der Waals surface area (Å²) in [5.74, 6) is 0.925. The van der Waals surface area contributed by atoms with Crippen LogP contribution in [0.1, 0.15) is 18.6 Å². The van der Waals surface area contributed by atoms with Crippen LogP contribution in [0.2, 0.25) is 0 Å². The molecule has 186 valence electrons. The number of fused-ring (bicyclic) bond motifs is 1. The third-order valence-electron chi connectivity index (χ3n) is 5.94. The smallest absolute Gasteiger partial charge is 0.237 e. The second-order valence-electron chi connectivity index (χ2n) is 8.55. The van der Waals surface area contributed by atoms with Gasteiger partial charge in [0.25, 0.3) is 0 Å². The molecule has 1 saturated carbocycles. The van der Waals surface area contributed by atoms with Gasteiger partial charge in [0, 0.05) is 37.7 Å². The van der Waals surface area contributed by atoms with Crippen LogP contribution < -0.4 is 15.4 Å². The molecule has 8 nitrogen and oxygen atoms in total. The first-order valence-corrected chi connectivity index (χ1v) is 12.3. The number of pyridine rings is 1. The summed E-state index contributed by atoms with van der Waals surface area (Å²) < 4.78 is 32.4. The van der Waals surface area contributed by atoms with E-state index in [1.54, 1.807) is 25.4 Å². The molecule has 0 atom stereocenters. The van der Waals surface area contributed by atoms with E-state index in [-0.39, 0.29) is 11.4 Å². The molecular formula is C26H24FN3O5S. The maximum atomic E-state index is 14.8. The summed E-state index contributed by atoms with van der Waals surface area (Å²) in [6, 6.07) is 11.6. The van der Waals surface area contributed by atoms with Gasteiger partial charge in [0.1, 0.15) is 29.0 Å². The number of aldehydes is 1. The van der Waals surface area contributed by atoms with Crippen LogP contribution in [-0.2, 0) is 20.9 Å². The third-order valence-corrected chi connectivity index (χ3v) is 7.09. The number of nitrogens with one attached hydrogen (secondary N) is 2. The van der Waals surface area contributed by atoms with E-state index < -0.39 is 17.1 Å². The van der Waals surface area contributed by atoms with Crippen LogP contribution in [0, 0.1) is 11.2 Å². The highest BCUT2D eigenvalue weighted by Gasteiger charge is 2.50. The SMILES string of the molecule is COCCNCc1ccc(-c2cc3nccc(Oc4ccc(NC(=O)C5(C=O)CC5)cc4F)c3s2)o1. The molecule has 0 unspecified atom stereocenters. The zero-order valence-corrected chi connectivity index (χ0v) is 20.3. The van der Waals surface area contributed by atoms with Gasteiger partial charge in [-0.25, -0.2) is 4.39 Å². The van der Waals surface area contributed by atoms with Gasteiger partial charge in [-0.3, -0.25) is 9.78 Å². The number of carbonyl (C=O) groups is 2. The fraction of sp³-hybridized carbons (Fsp3) is 0.269. The van der Waals surface area contributed by atoms with E-state index in [0.29, 0.717) is 49.3 Å². The first-order chi connectivity index (χ1) is 17.5. The number of methoxy groups -OCH3 is 1. The van der Waals surface area contributed by atoms with Crippen molar-refractivity contribution in [1.29, 1.82) is 0 Å². The molecule has 10 heteroatoms. The maximum absolute atomic E-state index is 14.8. The predicted octanol–water partition coefficient (Wildman–Crippen LogP) is 5.14. The number of rotatable bonds is 11. The van der Waals surface area contributed by atoms with Crippen LogP contribution in [0.3, 0.4) is 0 Å². The van der Waals surface area contributed by atoms with Gasteiger partial charge in [0.2, 0.25) is 5.91 Å². The summed E-state index contributed by atoms with van der Waals surface area (Å²) in [6.07, 6.45) is 3.28. The lowest BCUT2D eigenvalue weighted by molar-refractivity contribution is -0.126. The van der Waals surface area contributed by atoms with Gasteiger partial charge in [0.15, 0.2) is 11.6 Å². The summed E-state index contributed by atoms with van der Waals surface area (Å²) in [7, 11) is 1.66. The number of aromatic nitrogens is 1. The molecule has 1 amide bonds. The Hall–Kier alpha value is -3.60. The molecule has 0 bridgehead atoms. The summed E-state index contributed by atoms with van der Waals surface area (Å²) in [6.45, 7) is 1.94. The minimum Gasteiger partial charge on any atom is -0.459 e. The van der Waals surface area contributed by atoms with Crippen molar-refractivity contribution in [2.75, 3.05) is 25.6 Å². The number of nitrogens with zero attached hydrogens (tertiary/aromatic N) is 1. The number of anilines is 1. The van der Waals surface area contributed by atoms with Crippen LogP contribution in [-0.4, -0.2) is 37.4 Å². The largest absolute Gasteiger partial charge is 0.459 e. The molecular weight excluding hydrogens is 485 g/mol. The molecule has 4 aromatic rings. The Morgan fingerprint density at radius 3 is 2.83 bits per heavy atom. The summed E-state index contributed by atoms with van der Waals surface area (Å²) >= 11 is 1.44. The van der Waals surface area contributed by atoms with Crippen LogP contribution in [0.4, 0.5) is 10.1 Å². The first-order valence-electron chi connectivity index (χ1n) is 11.4. The van der Waals surface area contributed by atoms with Crippen molar-refractivity contribution in [3.63, 3.8) is 0 Å². The molecule has 0 aliphatic heterocycles. The van der Waals surface area contributed by atoms with Gasteiger partial charge in [-0.05, 0) is 43.2 Å². The fourth-order valence-electron chi connectivity index (χ4n) is 3.68. The topological polar surface area (TPSA) is 103 Å². The van der Waals surface area contributed by atoms with E-state index in [2.05, 4.69) is 15.6 Å². The maximum Gasteiger partial charge on any atom is 0.237 e. The van der Waals surface area contributed by atoms with Crippen molar-refractivity contribution < 1.29 is 27.9 Å². The molecule has 0 saturated heterocycles. The normalized spacial score (nSPS) is 14.1. The number of benzene rings is 1. The molecule has 3 aromatic heterocycles. The fourth-order valence-corrected chi connectivity index (χ4v) is 4.70. The molecule has 0 radical (unpaired) electrons. The minimum atomic E-state index is -0.972. The molecule has 1 aromatic carbocycles. The number of amides is 1. The van der Waals surface area contributed by atoms with Gasteiger partial charge in [-0.1, -0.05) is 0 Å². The van der Waals surface area contributed by atoms with E-state index in [0.717, 1.165) is 21.9 Å². The number of thiophene rings is 1. The van der Waals surface area contributed by atoms with Crippen LogP contribution in [0.15, 0.2) is 53.1 Å². The first kappa shape index (κ1) is 24.1. The molecule has 2 N–H and O–H groups in total. The summed E-state index contributed by atoms with van der Waals surface area (Å²) in [5.41, 5.74) is -0.00127. The quantitative estimate of drug-likeness (QED) is 0.164. The number of furan rings is 1. The lowest BCUT2D eigenvalue weighted by Gasteiger charge is -2.11. The highest BCUT2D eigenvalue weighted by atomic mass is 32.1. The lowest BCUT2D eigenvalue weighted by Crippen LogP contribution is -2.25. The minimum absolute atomic E-state index is 0.00869. The van der Waals surface area contributed by atoms with Gasteiger partial charge in [-0.15, -0.1) is 11.3 Å². The number of hydrogen-bond acceptors (Lipinski definition) is 8. The monoisotopic (exact) mass is 509 g/mol.